The fraction of sp³-hybridized carbons (Fsp3) is 1.00. The van der Waals surface area contributed by atoms with Crippen molar-refractivity contribution in [2.24, 2.45) is 5.73 Å². The SMILES string of the molecule is CC(C)O[C@@H](C)CN. The minimum absolute atomic E-state index is 0.204. The van der Waals surface area contributed by atoms with E-state index in [9.17, 15) is 0 Å². The molecule has 50 valence electrons. The third-order valence-electron chi connectivity index (χ3n) is 0.836. The monoisotopic (exact) mass is 117 g/mol. The zero-order valence-corrected chi connectivity index (χ0v) is 5.85. The maximum atomic E-state index is 5.30. The van der Waals surface area contributed by atoms with Gasteiger partial charge in [-0.05, 0) is 20.8 Å². The molecule has 0 aliphatic rings. The van der Waals surface area contributed by atoms with Crippen LogP contribution in [0.4, 0.5) is 0 Å². The summed E-state index contributed by atoms with van der Waals surface area (Å²) in [7, 11) is 0. The summed E-state index contributed by atoms with van der Waals surface area (Å²) in [5.41, 5.74) is 5.30. The number of ether oxygens (including phenoxy) is 1. The third-order valence-corrected chi connectivity index (χ3v) is 0.836. The molecule has 2 nitrogen and oxygen atoms in total. The molecule has 0 saturated carbocycles. The normalized spacial score (nSPS) is 14.6. The first-order valence-corrected chi connectivity index (χ1v) is 3.02. The van der Waals surface area contributed by atoms with Crippen molar-refractivity contribution in [3.8, 4) is 0 Å². The van der Waals surface area contributed by atoms with Gasteiger partial charge in [0.05, 0.1) is 12.2 Å². The lowest BCUT2D eigenvalue weighted by molar-refractivity contribution is 0.0243. The molecule has 0 unspecified atom stereocenters. The average molecular weight is 117 g/mol. The van der Waals surface area contributed by atoms with Gasteiger partial charge in [-0.3, -0.25) is 0 Å². The second-order valence-electron chi connectivity index (χ2n) is 2.23. The standard InChI is InChI=1S/C6H15NO/c1-5(2)8-6(3)4-7/h5-6H,4,7H2,1-3H3/t6-/m0/s1. The van der Waals surface area contributed by atoms with Crippen LogP contribution in [0.15, 0.2) is 0 Å². The molecule has 2 heteroatoms. The van der Waals surface area contributed by atoms with Crippen molar-refractivity contribution in [2.75, 3.05) is 6.54 Å². The van der Waals surface area contributed by atoms with E-state index in [4.69, 9.17) is 10.5 Å². The van der Waals surface area contributed by atoms with Crippen LogP contribution in [0, 0.1) is 0 Å². The molecule has 0 saturated heterocycles. The molecule has 0 heterocycles. The highest BCUT2D eigenvalue weighted by atomic mass is 16.5. The topological polar surface area (TPSA) is 35.2 Å². The van der Waals surface area contributed by atoms with Crippen molar-refractivity contribution in [2.45, 2.75) is 33.0 Å². The van der Waals surface area contributed by atoms with E-state index in [1.54, 1.807) is 0 Å². The van der Waals surface area contributed by atoms with Crippen molar-refractivity contribution in [1.82, 2.24) is 0 Å². The smallest absolute Gasteiger partial charge is 0.0672 e. The quantitative estimate of drug-likeness (QED) is 0.592. The molecule has 0 aromatic heterocycles. The highest BCUT2D eigenvalue weighted by molar-refractivity contribution is 4.49. The molecule has 0 aliphatic carbocycles. The molecule has 0 bridgehead atoms. The fourth-order valence-corrected chi connectivity index (χ4v) is 0.520. The summed E-state index contributed by atoms with van der Waals surface area (Å²) in [5, 5.41) is 0. The van der Waals surface area contributed by atoms with Crippen molar-refractivity contribution in [3.05, 3.63) is 0 Å². The molecule has 2 N–H and O–H groups in total. The van der Waals surface area contributed by atoms with Crippen LogP contribution in [0.2, 0.25) is 0 Å². The molecule has 0 aromatic rings. The summed E-state index contributed by atoms with van der Waals surface area (Å²) >= 11 is 0. The van der Waals surface area contributed by atoms with E-state index in [0.29, 0.717) is 12.6 Å². The fourth-order valence-electron chi connectivity index (χ4n) is 0.520. The zero-order valence-electron chi connectivity index (χ0n) is 5.85. The van der Waals surface area contributed by atoms with Crippen molar-refractivity contribution >= 4 is 0 Å². The average Bonchev–Trinajstić information content (AvgIpc) is 1.65. The minimum Gasteiger partial charge on any atom is -0.375 e. The molecule has 1 atom stereocenters. The molecule has 8 heavy (non-hydrogen) atoms. The number of nitrogens with two attached hydrogens (primary N) is 1. The Labute approximate surface area is 51.0 Å². The van der Waals surface area contributed by atoms with Crippen LogP contribution in [0.3, 0.4) is 0 Å². The second-order valence-corrected chi connectivity index (χ2v) is 2.23. The summed E-state index contributed by atoms with van der Waals surface area (Å²) in [5.74, 6) is 0. The Kier molecular flexibility index (Phi) is 3.83. The maximum Gasteiger partial charge on any atom is 0.0672 e. The van der Waals surface area contributed by atoms with Gasteiger partial charge in [0.15, 0.2) is 0 Å². The van der Waals surface area contributed by atoms with Gasteiger partial charge in [0.1, 0.15) is 0 Å². The van der Waals surface area contributed by atoms with Crippen LogP contribution in [-0.4, -0.2) is 18.8 Å². The van der Waals surface area contributed by atoms with Crippen LogP contribution in [0.1, 0.15) is 20.8 Å². The Hall–Kier alpha value is -0.0800. The molecular weight excluding hydrogens is 102 g/mol. The lowest BCUT2D eigenvalue weighted by Gasteiger charge is -2.12. The van der Waals surface area contributed by atoms with Gasteiger partial charge in [-0.2, -0.15) is 0 Å². The van der Waals surface area contributed by atoms with Gasteiger partial charge in [0.2, 0.25) is 0 Å². The van der Waals surface area contributed by atoms with Gasteiger partial charge in [-0.1, -0.05) is 0 Å². The van der Waals surface area contributed by atoms with Crippen LogP contribution < -0.4 is 5.73 Å². The van der Waals surface area contributed by atoms with E-state index >= 15 is 0 Å². The number of hydrogen-bond acceptors (Lipinski definition) is 2. The summed E-state index contributed by atoms with van der Waals surface area (Å²) in [6, 6.07) is 0. The highest BCUT2D eigenvalue weighted by Gasteiger charge is 1.99. The molecular formula is C6H15NO. The van der Waals surface area contributed by atoms with E-state index in [2.05, 4.69) is 0 Å². The predicted molar refractivity (Wildman–Crippen MR) is 34.7 cm³/mol. The first-order valence-electron chi connectivity index (χ1n) is 3.02. The Bertz CT molecular complexity index is 54.5. The Balaban J connectivity index is 3.10. The molecule has 0 rings (SSSR count). The van der Waals surface area contributed by atoms with E-state index in [-0.39, 0.29) is 6.10 Å². The van der Waals surface area contributed by atoms with Gasteiger partial charge in [0, 0.05) is 6.54 Å². The largest absolute Gasteiger partial charge is 0.375 e. The summed E-state index contributed by atoms with van der Waals surface area (Å²) < 4.78 is 5.27. The van der Waals surface area contributed by atoms with E-state index in [0.717, 1.165) is 0 Å². The maximum absolute atomic E-state index is 5.30. The summed E-state index contributed by atoms with van der Waals surface area (Å²) in [6.07, 6.45) is 0.503. The minimum atomic E-state index is 0.204. The first kappa shape index (κ1) is 7.92. The number of rotatable bonds is 3. The van der Waals surface area contributed by atoms with E-state index < -0.39 is 0 Å². The van der Waals surface area contributed by atoms with Crippen molar-refractivity contribution in [1.29, 1.82) is 0 Å². The van der Waals surface area contributed by atoms with Crippen LogP contribution in [-0.2, 0) is 4.74 Å². The second kappa shape index (κ2) is 3.87. The van der Waals surface area contributed by atoms with Gasteiger partial charge >= 0.3 is 0 Å². The molecule has 0 spiro atoms. The molecule has 0 amide bonds. The molecule has 0 aromatic carbocycles. The van der Waals surface area contributed by atoms with Gasteiger partial charge < -0.3 is 10.5 Å². The van der Waals surface area contributed by atoms with Gasteiger partial charge in [-0.25, -0.2) is 0 Å². The van der Waals surface area contributed by atoms with Gasteiger partial charge in [0.25, 0.3) is 0 Å². The van der Waals surface area contributed by atoms with Crippen LogP contribution in [0.25, 0.3) is 0 Å². The lowest BCUT2D eigenvalue weighted by atomic mass is 10.4. The Morgan fingerprint density at radius 2 is 1.88 bits per heavy atom. The first-order chi connectivity index (χ1) is 3.66. The van der Waals surface area contributed by atoms with Gasteiger partial charge in [-0.15, -0.1) is 0 Å². The zero-order chi connectivity index (χ0) is 6.57. The molecule has 0 fully saturated rings. The molecule has 0 aliphatic heterocycles. The van der Waals surface area contributed by atoms with Crippen LogP contribution in [0.5, 0.6) is 0 Å². The number of hydrogen-bond donors (Lipinski definition) is 1. The lowest BCUT2D eigenvalue weighted by Crippen LogP contribution is -2.23. The predicted octanol–water partition coefficient (Wildman–Crippen LogP) is 0.759. The molecule has 0 radical (unpaired) electrons. The summed E-state index contributed by atoms with van der Waals surface area (Å²) in [4.78, 5) is 0. The highest BCUT2D eigenvalue weighted by Crippen LogP contribution is 1.93. The van der Waals surface area contributed by atoms with E-state index in [1.807, 2.05) is 20.8 Å². The Morgan fingerprint density at radius 1 is 1.38 bits per heavy atom. The van der Waals surface area contributed by atoms with E-state index in [1.165, 1.54) is 0 Å². The third kappa shape index (κ3) is 4.09. The van der Waals surface area contributed by atoms with Crippen LogP contribution >= 0.6 is 0 Å². The summed E-state index contributed by atoms with van der Waals surface area (Å²) in [6.45, 7) is 6.59. The Morgan fingerprint density at radius 3 is 2.00 bits per heavy atom. The van der Waals surface area contributed by atoms with Crippen molar-refractivity contribution < 1.29 is 4.74 Å². The van der Waals surface area contributed by atoms with Crippen molar-refractivity contribution in [3.63, 3.8) is 0 Å².